The Hall–Kier alpha value is -2.02. The molecule has 1 aromatic carbocycles. The standard InChI is InChI=1S/C18H26N4O2S/c1-17(2,3)13-9-7-12(8-10-13)15-20-21-16(22(15)19)25-11-14(23)24-18(4,5)6/h7-10H,11,19H2,1-6H3. The third kappa shape index (κ3) is 5.22. The van der Waals surface area contributed by atoms with Crippen molar-refractivity contribution in [3.05, 3.63) is 29.8 Å². The quantitative estimate of drug-likeness (QED) is 0.510. The number of benzene rings is 1. The van der Waals surface area contributed by atoms with Crippen molar-refractivity contribution >= 4 is 17.7 Å². The molecule has 136 valence electrons. The Labute approximate surface area is 153 Å². The molecular formula is C18H26N4O2S. The fourth-order valence-corrected chi connectivity index (χ4v) is 2.82. The topological polar surface area (TPSA) is 83.0 Å². The zero-order chi connectivity index (χ0) is 18.8. The number of esters is 1. The summed E-state index contributed by atoms with van der Waals surface area (Å²) in [6.45, 7) is 12.0. The molecule has 2 aromatic rings. The van der Waals surface area contributed by atoms with Crippen molar-refractivity contribution in [2.45, 2.75) is 57.7 Å². The van der Waals surface area contributed by atoms with Crippen LogP contribution in [0.4, 0.5) is 0 Å². The van der Waals surface area contributed by atoms with Gasteiger partial charge in [0.1, 0.15) is 5.60 Å². The third-order valence-electron chi connectivity index (χ3n) is 3.41. The van der Waals surface area contributed by atoms with Crippen LogP contribution in [-0.2, 0) is 14.9 Å². The molecule has 0 aliphatic rings. The number of rotatable bonds is 4. The summed E-state index contributed by atoms with van der Waals surface area (Å²) in [5.74, 6) is 6.48. The number of nitrogen functional groups attached to an aromatic ring is 1. The van der Waals surface area contributed by atoms with E-state index in [2.05, 4.69) is 43.1 Å². The molecule has 7 heteroatoms. The number of carbonyl (C=O) groups excluding carboxylic acids is 1. The van der Waals surface area contributed by atoms with Gasteiger partial charge in [-0.25, -0.2) is 4.68 Å². The highest BCUT2D eigenvalue weighted by Gasteiger charge is 2.19. The van der Waals surface area contributed by atoms with E-state index in [1.807, 2.05) is 32.9 Å². The Bertz CT molecular complexity index is 740. The number of carbonyl (C=O) groups is 1. The van der Waals surface area contributed by atoms with Gasteiger partial charge in [-0.2, -0.15) is 0 Å². The minimum absolute atomic E-state index is 0.0867. The number of aromatic nitrogens is 3. The van der Waals surface area contributed by atoms with Gasteiger partial charge in [0.2, 0.25) is 5.16 Å². The minimum Gasteiger partial charge on any atom is -0.459 e. The van der Waals surface area contributed by atoms with E-state index in [1.54, 1.807) is 0 Å². The van der Waals surface area contributed by atoms with E-state index in [1.165, 1.54) is 22.0 Å². The predicted octanol–water partition coefficient (Wildman–Crippen LogP) is 3.39. The molecule has 1 aromatic heterocycles. The van der Waals surface area contributed by atoms with Gasteiger partial charge < -0.3 is 10.6 Å². The average Bonchev–Trinajstić information content (AvgIpc) is 2.84. The first kappa shape index (κ1) is 19.3. The average molecular weight is 362 g/mol. The highest BCUT2D eigenvalue weighted by atomic mass is 32.2. The van der Waals surface area contributed by atoms with Crippen LogP contribution in [0.2, 0.25) is 0 Å². The first-order valence-corrected chi connectivity index (χ1v) is 9.12. The second-order valence-electron chi connectivity index (χ2n) is 7.88. The van der Waals surface area contributed by atoms with Crippen molar-refractivity contribution in [1.29, 1.82) is 0 Å². The Morgan fingerprint density at radius 3 is 2.24 bits per heavy atom. The monoisotopic (exact) mass is 362 g/mol. The van der Waals surface area contributed by atoms with Gasteiger partial charge in [-0.05, 0) is 31.7 Å². The Morgan fingerprint density at radius 1 is 1.12 bits per heavy atom. The van der Waals surface area contributed by atoms with E-state index in [4.69, 9.17) is 10.6 Å². The van der Waals surface area contributed by atoms with Crippen LogP contribution in [-0.4, -0.2) is 32.2 Å². The number of ether oxygens (including phenoxy) is 1. The number of nitrogens with zero attached hydrogens (tertiary/aromatic N) is 3. The maximum atomic E-state index is 11.8. The Balaban J connectivity index is 2.09. The second-order valence-corrected chi connectivity index (χ2v) is 8.82. The molecule has 0 bridgehead atoms. The number of hydrogen-bond donors (Lipinski definition) is 1. The summed E-state index contributed by atoms with van der Waals surface area (Å²) >= 11 is 1.21. The summed E-state index contributed by atoms with van der Waals surface area (Å²) < 4.78 is 6.68. The predicted molar refractivity (Wildman–Crippen MR) is 101 cm³/mol. The van der Waals surface area contributed by atoms with Crippen LogP contribution in [0.1, 0.15) is 47.1 Å². The molecule has 0 amide bonds. The molecular weight excluding hydrogens is 336 g/mol. The summed E-state index contributed by atoms with van der Waals surface area (Å²) in [4.78, 5) is 11.8. The van der Waals surface area contributed by atoms with E-state index in [-0.39, 0.29) is 17.1 Å². The van der Waals surface area contributed by atoms with Gasteiger partial charge in [0.05, 0.1) is 5.75 Å². The Morgan fingerprint density at radius 2 is 1.72 bits per heavy atom. The van der Waals surface area contributed by atoms with Crippen LogP contribution in [0.5, 0.6) is 0 Å². The number of hydrogen-bond acceptors (Lipinski definition) is 6. The third-order valence-corrected chi connectivity index (χ3v) is 4.33. The van der Waals surface area contributed by atoms with E-state index in [0.29, 0.717) is 11.0 Å². The van der Waals surface area contributed by atoms with Crippen molar-refractivity contribution in [1.82, 2.24) is 14.9 Å². The second kappa shape index (κ2) is 7.07. The van der Waals surface area contributed by atoms with Gasteiger partial charge in [-0.3, -0.25) is 4.79 Å². The molecule has 0 fully saturated rings. The van der Waals surface area contributed by atoms with Gasteiger partial charge in [-0.1, -0.05) is 56.8 Å². The van der Waals surface area contributed by atoms with Crippen LogP contribution >= 0.6 is 11.8 Å². The molecule has 0 radical (unpaired) electrons. The lowest BCUT2D eigenvalue weighted by Crippen LogP contribution is -2.25. The maximum absolute atomic E-state index is 11.8. The molecule has 1 heterocycles. The smallest absolute Gasteiger partial charge is 0.316 e. The van der Waals surface area contributed by atoms with Crippen molar-refractivity contribution in [2.24, 2.45) is 0 Å². The van der Waals surface area contributed by atoms with Gasteiger partial charge in [0.25, 0.3) is 0 Å². The van der Waals surface area contributed by atoms with E-state index in [9.17, 15) is 4.79 Å². The largest absolute Gasteiger partial charge is 0.459 e. The lowest BCUT2D eigenvalue weighted by atomic mass is 9.87. The van der Waals surface area contributed by atoms with E-state index >= 15 is 0 Å². The fourth-order valence-electron chi connectivity index (χ4n) is 2.19. The van der Waals surface area contributed by atoms with Gasteiger partial charge >= 0.3 is 5.97 Å². The summed E-state index contributed by atoms with van der Waals surface area (Å²) in [5, 5.41) is 8.69. The highest BCUT2D eigenvalue weighted by molar-refractivity contribution is 7.99. The summed E-state index contributed by atoms with van der Waals surface area (Å²) in [5.41, 5.74) is 1.70. The molecule has 0 saturated heterocycles. The van der Waals surface area contributed by atoms with Gasteiger partial charge in [0, 0.05) is 5.56 Å². The van der Waals surface area contributed by atoms with Gasteiger partial charge in [-0.15, -0.1) is 10.2 Å². The van der Waals surface area contributed by atoms with Crippen molar-refractivity contribution in [3.63, 3.8) is 0 Å². The zero-order valence-corrected chi connectivity index (χ0v) is 16.5. The highest BCUT2D eigenvalue weighted by Crippen LogP contribution is 2.26. The lowest BCUT2D eigenvalue weighted by Gasteiger charge is -2.19. The van der Waals surface area contributed by atoms with Gasteiger partial charge in [0.15, 0.2) is 5.82 Å². The molecule has 0 aliphatic heterocycles. The van der Waals surface area contributed by atoms with Crippen molar-refractivity contribution in [2.75, 3.05) is 11.6 Å². The summed E-state index contributed by atoms with van der Waals surface area (Å²) in [6, 6.07) is 8.10. The molecule has 2 rings (SSSR count). The maximum Gasteiger partial charge on any atom is 0.316 e. The van der Waals surface area contributed by atoms with Crippen molar-refractivity contribution < 1.29 is 9.53 Å². The zero-order valence-electron chi connectivity index (χ0n) is 15.7. The molecule has 0 aliphatic carbocycles. The summed E-state index contributed by atoms with van der Waals surface area (Å²) in [7, 11) is 0. The van der Waals surface area contributed by atoms with Crippen molar-refractivity contribution in [3.8, 4) is 11.4 Å². The summed E-state index contributed by atoms with van der Waals surface area (Å²) in [6.07, 6.45) is 0. The van der Waals surface area contributed by atoms with Crippen LogP contribution in [0.3, 0.4) is 0 Å². The molecule has 2 N–H and O–H groups in total. The molecule has 0 unspecified atom stereocenters. The van der Waals surface area contributed by atoms with E-state index < -0.39 is 5.60 Å². The molecule has 6 nitrogen and oxygen atoms in total. The van der Waals surface area contributed by atoms with Crippen LogP contribution in [0.25, 0.3) is 11.4 Å². The lowest BCUT2D eigenvalue weighted by molar-refractivity contribution is -0.151. The molecule has 0 spiro atoms. The van der Waals surface area contributed by atoms with Crippen LogP contribution < -0.4 is 5.84 Å². The first-order valence-electron chi connectivity index (χ1n) is 8.13. The van der Waals surface area contributed by atoms with E-state index in [0.717, 1.165) is 5.56 Å². The fraction of sp³-hybridized carbons (Fsp3) is 0.500. The molecule has 0 atom stereocenters. The van der Waals surface area contributed by atoms with Crippen LogP contribution in [0, 0.1) is 0 Å². The molecule has 25 heavy (non-hydrogen) atoms. The first-order chi connectivity index (χ1) is 11.5. The normalized spacial score (nSPS) is 12.2. The minimum atomic E-state index is -0.506. The van der Waals surface area contributed by atoms with Crippen LogP contribution in [0.15, 0.2) is 29.4 Å². The molecule has 0 saturated carbocycles. The SMILES string of the molecule is CC(C)(C)OC(=O)CSc1nnc(-c2ccc(C(C)(C)C)cc2)n1N. The number of nitrogens with two attached hydrogens (primary N) is 1. The number of thioether (sulfide) groups is 1. The Kier molecular flexibility index (Phi) is 5.46.